The average Bonchev–Trinajstić information content (AvgIpc) is 3.00. The largest absolute Gasteiger partial charge is 0.428 e. The van der Waals surface area contributed by atoms with Gasteiger partial charge in [-0.05, 0) is 36.4 Å². The molecule has 3 rings (SSSR count). The third-order valence-corrected chi connectivity index (χ3v) is 4.16. The number of alkyl halides is 3. The van der Waals surface area contributed by atoms with Gasteiger partial charge < -0.3 is 5.43 Å². The summed E-state index contributed by atoms with van der Waals surface area (Å²) in [5.74, 6) is 5.33. The summed E-state index contributed by atoms with van der Waals surface area (Å²) >= 11 is 11.7. The topological polar surface area (TPSA) is 59.3 Å². The first-order chi connectivity index (χ1) is 11.7. The molecule has 0 saturated heterocycles. The molecule has 1 aliphatic rings. The Morgan fingerprint density at radius 3 is 2.36 bits per heavy atom. The molecule has 0 amide bonds. The van der Waals surface area contributed by atoms with Gasteiger partial charge in [0.1, 0.15) is 0 Å². The Bertz CT molecular complexity index is 821. The minimum atomic E-state index is -4.75. The molecule has 0 radical (unpaired) electrons. The fraction of sp³-hybridized carbons (Fsp3) is 0.125. The molecule has 0 spiro atoms. The summed E-state index contributed by atoms with van der Waals surface area (Å²) in [6.45, 7) is 0. The molecule has 2 aromatic carbocycles. The Morgan fingerprint density at radius 1 is 1.08 bits per heavy atom. The second kappa shape index (κ2) is 6.42. The van der Waals surface area contributed by atoms with Crippen molar-refractivity contribution in [1.82, 2.24) is 5.48 Å². The van der Waals surface area contributed by atoms with Gasteiger partial charge in [-0.25, -0.2) is 0 Å². The van der Waals surface area contributed by atoms with E-state index in [-0.39, 0.29) is 21.3 Å². The number of hydrogen-bond donors (Lipinski definition) is 3. The van der Waals surface area contributed by atoms with Crippen LogP contribution in [0.4, 0.5) is 18.9 Å². The number of hydrogen-bond acceptors (Lipinski definition) is 4. The molecule has 2 aromatic rings. The number of nitrogens with two attached hydrogens (primary N) is 1. The Kier molecular flexibility index (Phi) is 4.59. The number of hydroxylamine groups is 1. The molecule has 0 saturated carbocycles. The number of halogens is 5. The van der Waals surface area contributed by atoms with Crippen molar-refractivity contribution >= 4 is 34.6 Å². The van der Waals surface area contributed by atoms with E-state index in [0.717, 1.165) is 6.08 Å². The maximum atomic E-state index is 13.9. The third-order valence-electron chi connectivity index (χ3n) is 3.72. The van der Waals surface area contributed by atoms with Crippen molar-refractivity contribution in [3.8, 4) is 0 Å². The molecule has 0 fully saturated rings. The number of nitrogens with one attached hydrogen (secondary N) is 2. The van der Waals surface area contributed by atoms with Crippen LogP contribution in [-0.4, -0.2) is 6.18 Å². The first-order valence-corrected chi connectivity index (χ1v) is 7.78. The van der Waals surface area contributed by atoms with E-state index in [0.29, 0.717) is 11.3 Å². The highest BCUT2D eigenvalue weighted by Gasteiger charge is 2.59. The lowest BCUT2D eigenvalue weighted by Gasteiger charge is -2.28. The minimum Gasteiger partial charge on any atom is -0.324 e. The lowest BCUT2D eigenvalue weighted by Crippen LogP contribution is -2.42. The van der Waals surface area contributed by atoms with Crippen LogP contribution >= 0.6 is 23.2 Å². The normalized spacial score (nSPS) is 20.2. The van der Waals surface area contributed by atoms with Crippen LogP contribution in [0, 0.1) is 0 Å². The summed E-state index contributed by atoms with van der Waals surface area (Å²) in [6.07, 6.45) is -3.80. The van der Waals surface area contributed by atoms with Gasteiger partial charge in [-0.2, -0.15) is 13.2 Å². The highest BCUT2D eigenvalue weighted by Crippen LogP contribution is 2.48. The zero-order valence-corrected chi connectivity index (χ0v) is 14.0. The molecule has 1 atom stereocenters. The molecule has 25 heavy (non-hydrogen) atoms. The molecule has 4 nitrogen and oxygen atoms in total. The number of benzene rings is 2. The van der Waals surface area contributed by atoms with Gasteiger partial charge in [0.05, 0.1) is 5.70 Å². The van der Waals surface area contributed by atoms with Gasteiger partial charge >= 0.3 is 6.18 Å². The minimum absolute atomic E-state index is 0.0749. The Hall–Kier alpha value is -1.93. The van der Waals surface area contributed by atoms with Crippen molar-refractivity contribution in [2.75, 3.05) is 5.43 Å². The second-order valence-electron chi connectivity index (χ2n) is 5.38. The molecule has 0 bridgehead atoms. The van der Waals surface area contributed by atoms with E-state index in [4.69, 9.17) is 33.9 Å². The van der Waals surface area contributed by atoms with Crippen LogP contribution in [0.3, 0.4) is 0 Å². The SMILES string of the molecule is NNc1cccc(C2=CC(c3cc(Cl)cc(Cl)c3)(C(F)(F)F)ON2)c1. The molecule has 0 aliphatic carbocycles. The van der Waals surface area contributed by atoms with Crippen LogP contribution in [0.1, 0.15) is 11.1 Å². The summed E-state index contributed by atoms with van der Waals surface area (Å²) in [7, 11) is 0. The zero-order chi connectivity index (χ0) is 18.2. The van der Waals surface area contributed by atoms with E-state index in [1.54, 1.807) is 24.3 Å². The third kappa shape index (κ3) is 3.28. The summed E-state index contributed by atoms with van der Waals surface area (Å²) in [6, 6.07) is 10.2. The first-order valence-electron chi connectivity index (χ1n) is 7.02. The first kappa shape index (κ1) is 17.9. The molecule has 1 aliphatic heterocycles. The van der Waals surface area contributed by atoms with Crippen molar-refractivity contribution in [3.05, 3.63) is 69.7 Å². The molecule has 4 N–H and O–H groups in total. The summed E-state index contributed by atoms with van der Waals surface area (Å²) in [5.41, 5.74) is 2.98. The van der Waals surface area contributed by atoms with Crippen LogP contribution in [0.2, 0.25) is 10.0 Å². The lowest BCUT2D eigenvalue weighted by atomic mass is 9.91. The summed E-state index contributed by atoms with van der Waals surface area (Å²) in [5, 5.41) is 0.150. The number of nitrogen functional groups attached to an aromatic ring is 1. The Labute approximate surface area is 151 Å². The maximum absolute atomic E-state index is 13.9. The fourth-order valence-corrected chi connectivity index (χ4v) is 3.06. The zero-order valence-electron chi connectivity index (χ0n) is 12.5. The highest BCUT2D eigenvalue weighted by molar-refractivity contribution is 6.34. The maximum Gasteiger partial charge on any atom is 0.428 e. The van der Waals surface area contributed by atoms with Gasteiger partial charge in [0.2, 0.25) is 5.60 Å². The summed E-state index contributed by atoms with van der Waals surface area (Å²) < 4.78 is 41.6. The van der Waals surface area contributed by atoms with Gasteiger partial charge in [0.25, 0.3) is 0 Å². The molecule has 9 heteroatoms. The van der Waals surface area contributed by atoms with E-state index in [9.17, 15) is 13.2 Å². The highest BCUT2D eigenvalue weighted by atomic mass is 35.5. The predicted octanol–water partition coefficient (Wildman–Crippen LogP) is 4.61. The van der Waals surface area contributed by atoms with Crippen molar-refractivity contribution in [1.29, 1.82) is 0 Å². The number of rotatable bonds is 3. The predicted molar refractivity (Wildman–Crippen MR) is 90.6 cm³/mol. The van der Waals surface area contributed by atoms with Gasteiger partial charge in [-0.3, -0.25) is 16.2 Å². The van der Waals surface area contributed by atoms with Crippen LogP contribution < -0.4 is 16.7 Å². The van der Waals surface area contributed by atoms with E-state index in [1.807, 2.05) is 0 Å². The molecule has 0 aromatic heterocycles. The molecular formula is C16H12Cl2F3N3O. The van der Waals surface area contributed by atoms with Crippen LogP contribution in [0.5, 0.6) is 0 Å². The Morgan fingerprint density at radius 2 is 1.76 bits per heavy atom. The van der Waals surface area contributed by atoms with Crippen LogP contribution in [0.25, 0.3) is 5.70 Å². The quantitative estimate of drug-likeness (QED) is 0.529. The van der Waals surface area contributed by atoms with Gasteiger partial charge in [0, 0.05) is 26.9 Å². The Balaban J connectivity index is 2.13. The molecule has 1 unspecified atom stereocenters. The summed E-state index contributed by atoms with van der Waals surface area (Å²) in [4.78, 5) is 5.01. The van der Waals surface area contributed by atoms with Gasteiger partial charge in [-0.15, -0.1) is 0 Å². The van der Waals surface area contributed by atoms with Crippen molar-refractivity contribution in [2.24, 2.45) is 5.84 Å². The molecule has 132 valence electrons. The van der Waals surface area contributed by atoms with Gasteiger partial charge in [-0.1, -0.05) is 35.3 Å². The number of anilines is 1. The van der Waals surface area contributed by atoms with Crippen molar-refractivity contribution in [3.63, 3.8) is 0 Å². The van der Waals surface area contributed by atoms with Crippen molar-refractivity contribution in [2.45, 2.75) is 11.8 Å². The molecular weight excluding hydrogens is 378 g/mol. The standard InChI is InChI=1S/C16H12Cl2F3N3O/c17-11-5-10(6-12(18)7-11)15(16(19,20)21)8-14(24-25-15)9-2-1-3-13(4-9)23-22/h1-8,23-24H,22H2. The van der Waals surface area contributed by atoms with Crippen LogP contribution in [0.15, 0.2) is 48.5 Å². The monoisotopic (exact) mass is 389 g/mol. The number of hydrazine groups is 1. The van der Waals surface area contributed by atoms with E-state index in [1.165, 1.54) is 18.2 Å². The molecule has 1 heterocycles. The van der Waals surface area contributed by atoms with E-state index >= 15 is 0 Å². The van der Waals surface area contributed by atoms with E-state index < -0.39 is 11.8 Å². The average molecular weight is 390 g/mol. The smallest absolute Gasteiger partial charge is 0.324 e. The van der Waals surface area contributed by atoms with Crippen molar-refractivity contribution < 1.29 is 18.0 Å². The van der Waals surface area contributed by atoms with Gasteiger partial charge in [0.15, 0.2) is 0 Å². The second-order valence-corrected chi connectivity index (χ2v) is 6.25. The lowest BCUT2D eigenvalue weighted by molar-refractivity contribution is -0.269. The van der Waals surface area contributed by atoms with Crippen LogP contribution in [-0.2, 0) is 10.4 Å². The van der Waals surface area contributed by atoms with E-state index in [2.05, 4.69) is 10.9 Å². The fourth-order valence-electron chi connectivity index (χ4n) is 2.53.